The van der Waals surface area contributed by atoms with Crippen LogP contribution in [0.5, 0.6) is 0 Å². The molecular formula is C13H23N3O3. The summed E-state index contributed by atoms with van der Waals surface area (Å²) in [5.41, 5.74) is 5.08. The maximum atomic E-state index is 12.2. The van der Waals surface area contributed by atoms with Crippen molar-refractivity contribution in [1.82, 2.24) is 10.6 Å². The van der Waals surface area contributed by atoms with E-state index in [9.17, 15) is 14.4 Å². The first-order valence-corrected chi connectivity index (χ1v) is 6.78. The highest BCUT2D eigenvalue weighted by Crippen LogP contribution is 2.18. The Labute approximate surface area is 113 Å². The van der Waals surface area contributed by atoms with Gasteiger partial charge in [0, 0.05) is 19.8 Å². The standard InChI is InChI=1S/C13H23N3O3/c1-9(17)16-11(2-3-13(14)19)12(18)8-10-4-6-15-7-5-10/h10-11,15H,2-8H2,1H3,(H2,14,19)(H,16,17)/t11-/m0/s1. The molecule has 1 saturated heterocycles. The second kappa shape index (κ2) is 7.89. The van der Waals surface area contributed by atoms with E-state index >= 15 is 0 Å². The predicted molar refractivity (Wildman–Crippen MR) is 71.3 cm³/mol. The zero-order valence-electron chi connectivity index (χ0n) is 11.4. The molecule has 6 nitrogen and oxygen atoms in total. The summed E-state index contributed by atoms with van der Waals surface area (Å²) in [5, 5.41) is 5.86. The summed E-state index contributed by atoms with van der Waals surface area (Å²) < 4.78 is 0. The normalized spacial score (nSPS) is 17.7. The molecule has 1 aliphatic rings. The van der Waals surface area contributed by atoms with E-state index in [-0.39, 0.29) is 18.1 Å². The Hall–Kier alpha value is -1.43. The van der Waals surface area contributed by atoms with Crippen LogP contribution in [0.4, 0.5) is 0 Å². The minimum absolute atomic E-state index is 0.00310. The third kappa shape index (κ3) is 6.33. The van der Waals surface area contributed by atoms with E-state index < -0.39 is 11.9 Å². The highest BCUT2D eigenvalue weighted by Gasteiger charge is 2.24. The van der Waals surface area contributed by atoms with Crippen molar-refractivity contribution >= 4 is 17.6 Å². The van der Waals surface area contributed by atoms with Gasteiger partial charge in [0.1, 0.15) is 0 Å². The quantitative estimate of drug-likeness (QED) is 0.591. The van der Waals surface area contributed by atoms with Crippen molar-refractivity contribution in [3.05, 3.63) is 0 Å². The largest absolute Gasteiger partial charge is 0.370 e. The summed E-state index contributed by atoms with van der Waals surface area (Å²) in [4.78, 5) is 34.1. The molecule has 4 N–H and O–H groups in total. The fraction of sp³-hybridized carbons (Fsp3) is 0.769. The Bertz CT molecular complexity index is 338. The van der Waals surface area contributed by atoms with Crippen molar-refractivity contribution in [2.24, 2.45) is 11.7 Å². The number of hydrogen-bond acceptors (Lipinski definition) is 4. The first-order chi connectivity index (χ1) is 8.99. The molecule has 6 heteroatoms. The van der Waals surface area contributed by atoms with Crippen molar-refractivity contribution in [1.29, 1.82) is 0 Å². The van der Waals surface area contributed by atoms with Crippen LogP contribution in [0.3, 0.4) is 0 Å². The number of ketones is 1. The van der Waals surface area contributed by atoms with Gasteiger partial charge in [-0.1, -0.05) is 0 Å². The lowest BCUT2D eigenvalue weighted by Crippen LogP contribution is -2.41. The van der Waals surface area contributed by atoms with Crippen molar-refractivity contribution in [2.45, 2.75) is 45.1 Å². The fourth-order valence-corrected chi connectivity index (χ4v) is 2.36. The Kier molecular flexibility index (Phi) is 6.49. The van der Waals surface area contributed by atoms with Crippen LogP contribution in [0.15, 0.2) is 0 Å². The van der Waals surface area contributed by atoms with Crippen LogP contribution in [0, 0.1) is 5.92 Å². The lowest BCUT2D eigenvalue weighted by molar-refractivity contribution is -0.128. The van der Waals surface area contributed by atoms with E-state index in [1.165, 1.54) is 6.92 Å². The van der Waals surface area contributed by atoms with Crippen LogP contribution in [-0.4, -0.2) is 36.7 Å². The van der Waals surface area contributed by atoms with E-state index in [1.54, 1.807) is 0 Å². The van der Waals surface area contributed by atoms with Crippen molar-refractivity contribution < 1.29 is 14.4 Å². The minimum Gasteiger partial charge on any atom is -0.370 e. The Morgan fingerprint density at radius 3 is 2.47 bits per heavy atom. The number of nitrogens with one attached hydrogen (secondary N) is 2. The molecule has 0 bridgehead atoms. The number of nitrogens with two attached hydrogens (primary N) is 1. The topological polar surface area (TPSA) is 101 Å². The number of carbonyl (C=O) groups is 3. The summed E-state index contributed by atoms with van der Waals surface area (Å²) >= 11 is 0. The van der Waals surface area contributed by atoms with E-state index in [1.807, 2.05) is 0 Å². The highest BCUT2D eigenvalue weighted by molar-refractivity contribution is 5.89. The van der Waals surface area contributed by atoms with Gasteiger partial charge in [0.2, 0.25) is 11.8 Å². The molecule has 1 fully saturated rings. The lowest BCUT2D eigenvalue weighted by atomic mass is 9.89. The molecule has 0 unspecified atom stereocenters. The molecule has 0 aliphatic carbocycles. The molecule has 0 spiro atoms. The van der Waals surface area contributed by atoms with Crippen molar-refractivity contribution in [2.75, 3.05) is 13.1 Å². The lowest BCUT2D eigenvalue weighted by Gasteiger charge is -2.24. The molecule has 1 aliphatic heterocycles. The average molecular weight is 269 g/mol. The van der Waals surface area contributed by atoms with Gasteiger partial charge in [-0.25, -0.2) is 0 Å². The summed E-state index contributed by atoms with van der Waals surface area (Å²) in [7, 11) is 0. The van der Waals surface area contributed by atoms with Gasteiger partial charge in [0.15, 0.2) is 5.78 Å². The monoisotopic (exact) mass is 269 g/mol. The van der Waals surface area contributed by atoms with Crippen LogP contribution in [-0.2, 0) is 14.4 Å². The maximum absolute atomic E-state index is 12.2. The summed E-state index contributed by atoms with van der Waals surface area (Å²) in [6, 6.07) is -0.583. The molecule has 0 saturated carbocycles. The number of rotatable bonds is 7. The SMILES string of the molecule is CC(=O)N[C@@H](CCC(N)=O)C(=O)CC1CCNCC1. The number of amides is 2. The Morgan fingerprint density at radius 2 is 1.95 bits per heavy atom. The molecule has 0 radical (unpaired) electrons. The number of carbonyl (C=O) groups excluding carboxylic acids is 3. The molecule has 1 rings (SSSR count). The molecule has 1 atom stereocenters. The Morgan fingerprint density at radius 1 is 1.32 bits per heavy atom. The first kappa shape index (κ1) is 15.6. The van der Waals surface area contributed by atoms with Gasteiger partial charge in [-0.2, -0.15) is 0 Å². The highest BCUT2D eigenvalue weighted by atomic mass is 16.2. The van der Waals surface area contributed by atoms with E-state index in [4.69, 9.17) is 5.73 Å². The second-order valence-electron chi connectivity index (χ2n) is 5.12. The maximum Gasteiger partial charge on any atom is 0.217 e. The van der Waals surface area contributed by atoms with Gasteiger partial charge in [-0.05, 0) is 38.3 Å². The van der Waals surface area contributed by atoms with E-state index in [0.29, 0.717) is 18.8 Å². The zero-order valence-corrected chi connectivity index (χ0v) is 11.4. The second-order valence-corrected chi connectivity index (χ2v) is 5.12. The third-order valence-electron chi connectivity index (χ3n) is 3.39. The van der Waals surface area contributed by atoms with Gasteiger partial charge >= 0.3 is 0 Å². The van der Waals surface area contributed by atoms with Gasteiger partial charge in [0.25, 0.3) is 0 Å². The summed E-state index contributed by atoms with van der Waals surface area (Å²) in [5.74, 6) is -0.333. The molecule has 108 valence electrons. The van der Waals surface area contributed by atoms with E-state index in [0.717, 1.165) is 25.9 Å². The molecular weight excluding hydrogens is 246 g/mol. The molecule has 0 aromatic rings. The van der Waals surface area contributed by atoms with Crippen LogP contribution in [0.25, 0.3) is 0 Å². The smallest absolute Gasteiger partial charge is 0.217 e. The van der Waals surface area contributed by atoms with Gasteiger partial charge in [0.05, 0.1) is 6.04 Å². The van der Waals surface area contributed by atoms with E-state index in [2.05, 4.69) is 10.6 Å². The van der Waals surface area contributed by atoms with Crippen molar-refractivity contribution in [3.63, 3.8) is 0 Å². The molecule has 0 aromatic carbocycles. The van der Waals surface area contributed by atoms with Crippen LogP contribution in [0.1, 0.15) is 39.0 Å². The molecule has 0 aromatic heterocycles. The number of Topliss-reactive ketones (excluding diaryl/α,β-unsaturated/α-hetero) is 1. The number of primary amides is 1. The summed E-state index contributed by atoms with van der Waals surface area (Å²) in [6.45, 7) is 3.24. The van der Waals surface area contributed by atoms with Crippen LogP contribution < -0.4 is 16.4 Å². The Balaban J connectivity index is 2.48. The van der Waals surface area contributed by atoms with Gasteiger partial charge in [-0.15, -0.1) is 0 Å². The number of hydrogen-bond donors (Lipinski definition) is 3. The van der Waals surface area contributed by atoms with Crippen LogP contribution >= 0.6 is 0 Å². The minimum atomic E-state index is -0.583. The van der Waals surface area contributed by atoms with Crippen molar-refractivity contribution in [3.8, 4) is 0 Å². The number of piperidine rings is 1. The first-order valence-electron chi connectivity index (χ1n) is 6.78. The summed E-state index contributed by atoms with van der Waals surface area (Å²) in [6.07, 6.45) is 2.83. The van der Waals surface area contributed by atoms with Gasteiger partial charge in [-0.3, -0.25) is 14.4 Å². The molecule has 1 heterocycles. The van der Waals surface area contributed by atoms with Gasteiger partial charge < -0.3 is 16.4 Å². The molecule has 19 heavy (non-hydrogen) atoms. The molecule has 2 amide bonds. The third-order valence-corrected chi connectivity index (χ3v) is 3.39. The average Bonchev–Trinajstić information content (AvgIpc) is 2.35. The predicted octanol–water partition coefficient (Wildman–Crippen LogP) is -0.285. The zero-order chi connectivity index (χ0) is 14.3. The van der Waals surface area contributed by atoms with Crippen LogP contribution in [0.2, 0.25) is 0 Å². The fourth-order valence-electron chi connectivity index (χ4n) is 2.36.